The Morgan fingerprint density at radius 3 is 1.91 bits per heavy atom. The number of carbonyl (C=O) groups is 2. The van der Waals surface area contributed by atoms with Crippen LogP contribution in [-0.2, 0) is 23.8 Å². The number of carbonyl (C=O) groups excluding carboxylic acids is 2. The van der Waals surface area contributed by atoms with Gasteiger partial charge in [-0.25, -0.2) is 0 Å². The van der Waals surface area contributed by atoms with E-state index in [1.54, 1.807) is 0 Å². The van der Waals surface area contributed by atoms with Crippen LogP contribution in [-0.4, -0.2) is 64.5 Å². The van der Waals surface area contributed by atoms with E-state index < -0.39 is 5.91 Å². The van der Waals surface area contributed by atoms with Gasteiger partial charge in [-0.3, -0.25) is 9.59 Å². The summed E-state index contributed by atoms with van der Waals surface area (Å²) in [5, 5.41) is 2.69. The number of amides is 2. The van der Waals surface area contributed by atoms with Crippen molar-refractivity contribution in [3.05, 3.63) is 0 Å². The Morgan fingerprint density at radius 1 is 0.818 bits per heavy atom. The van der Waals surface area contributed by atoms with Crippen molar-refractivity contribution in [3.8, 4) is 0 Å². The van der Waals surface area contributed by atoms with Crippen molar-refractivity contribution >= 4 is 11.8 Å². The van der Waals surface area contributed by atoms with Gasteiger partial charge in [0.1, 0.15) is 0 Å². The Bertz CT molecular complexity index is 290. The molecule has 0 rings (SSSR count). The van der Waals surface area contributed by atoms with Crippen LogP contribution >= 0.6 is 0 Å². The fourth-order valence-corrected chi connectivity index (χ4v) is 1.45. The van der Waals surface area contributed by atoms with Crippen molar-refractivity contribution in [3.63, 3.8) is 0 Å². The van der Waals surface area contributed by atoms with E-state index in [0.29, 0.717) is 59.2 Å². The number of nitrogens with two attached hydrogens (primary N) is 2. The van der Waals surface area contributed by atoms with Gasteiger partial charge in [0.15, 0.2) is 0 Å². The number of hydrogen-bond donors (Lipinski definition) is 3. The van der Waals surface area contributed by atoms with Crippen molar-refractivity contribution < 1.29 is 23.8 Å². The molecule has 0 aliphatic carbocycles. The van der Waals surface area contributed by atoms with Crippen LogP contribution in [0.1, 0.15) is 25.7 Å². The molecular weight excluding hydrogens is 290 g/mol. The van der Waals surface area contributed by atoms with Gasteiger partial charge in [0.2, 0.25) is 11.8 Å². The fraction of sp³-hybridized carbons (Fsp3) is 0.857. The molecule has 0 atom stereocenters. The highest BCUT2D eigenvalue weighted by molar-refractivity contribution is 5.82. The molecule has 0 spiro atoms. The fourth-order valence-electron chi connectivity index (χ4n) is 1.45. The van der Waals surface area contributed by atoms with Crippen molar-refractivity contribution in [2.45, 2.75) is 25.7 Å². The summed E-state index contributed by atoms with van der Waals surface area (Å²) in [7, 11) is 0. The highest BCUT2D eigenvalue weighted by Gasteiger charge is 2.02. The molecule has 0 radical (unpaired) electrons. The summed E-state index contributed by atoms with van der Waals surface area (Å²) in [6.45, 7) is 4.52. The van der Waals surface area contributed by atoms with Crippen LogP contribution in [0.2, 0.25) is 0 Å². The smallest absolute Gasteiger partial charge is 0.220 e. The molecule has 0 aliphatic heterocycles. The minimum Gasteiger partial charge on any atom is -0.379 e. The highest BCUT2D eigenvalue weighted by Crippen LogP contribution is 1.88. The molecule has 0 saturated heterocycles. The van der Waals surface area contributed by atoms with Gasteiger partial charge in [0, 0.05) is 32.6 Å². The molecule has 2 amide bonds. The lowest BCUT2D eigenvalue weighted by molar-refractivity contribution is -0.125. The first-order valence-electron chi connectivity index (χ1n) is 7.65. The zero-order valence-electron chi connectivity index (χ0n) is 13.2. The van der Waals surface area contributed by atoms with Gasteiger partial charge < -0.3 is 31.0 Å². The van der Waals surface area contributed by atoms with Gasteiger partial charge >= 0.3 is 0 Å². The number of primary amides is 1. The number of nitrogens with one attached hydrogen (secondary N) is 1. The van der Waals surface area contributed by atoms with Crippen LogP contribution in [0, 0.1) is 0 Å². The summed E-state index contributed by atoms with van der Waals surface area (Å²) in [5.41, 5.74) is 10.3. The van der Waals surface area contributed by atoms with E-state index in [9.17, 15) is 9.59 Å². The number of rotatable bonds is 16. The molecule has 0 unspecified atom stereocenters. The maximum absolute atomic E-state index is 11.3. The third-order valence-corrected chi connectivity index (χ3v) is 2.62. The first-order chi connectivity index (χ1) is 10.7. The van der Waals surface area contributed by atoms with Crippen LogP contribution in [0.15, 0.2) is 0 Å². The van der Waals surface area contributed by atoms with E-state index in [4.69, 9.17) is 25.7 Å². The predicted molar refractivity (Wildman–Crippen MR) is 82.2 cm³/mol. The molecule has 0 aromatic rings. The van der Waals surface area contributed by atoms with E-state index in [-0.39, 0.29) is 18.7 Å². The molecule has 0 aromatic carbocycles. The first kappa shape index (κ1) is 20.8. The topological polar surface area (TPSA) is 126 Å². The summed E-state index contributed by atoms with van der Waals surface area (Å²) in [5.74, 6) is -0.639. The largest absolute Gasteiger partial charge is 0.379 e. The van der Waals surface area contributed by atoms with E-state index in [1.807, 2.05) is 0 Å². The highest BCUT2D eigenvalue weighted by atomic mass is 16.5. The van der Waals surface area contributed by atoms with Crippen LogP contribution in [0.25, 0.3) is 0 Å². The van der Waals surface area contributed by atoms with Gasteiger partial charge in [-0.05, 0) is 19.4 Å². The minimum atomic E-state index is -0.469. The van der Waals surface area contributed by atoms with Crippen molar-refractivity contribution in [1.29, 1.82) is 0 Å². The van der Waals surface area contributed by atoms with Crippen molar-refractivity contribution in [2.75, 3.05) is 52.7 Å². The lowest BCUT2D eigenvalue weighted by atomic mass is 10.3. The van der Waals surface area contributed by atoms with Crippen LogP contribution in [0.5, 0.6) is 0 Å². The predicted octanol–water partition coefficient (Wildman–Crippen LogP) is -0.843. The lowest BCUT2D eigenvalue weighted by Crippen LogP contribution is -2.26. The molecular formula is C14H29N3O5. The molecule has 8 heteroatoms. The molecule has 0 fully saturated rings. The van der Waals surface area contributed by atoms with Crippen LogP contribution in [0.3, 0.4) is 0 Å². The minimum absolute atomic E-state index is 0.0790. The third kappa shape index (κ3) is 16.8. The Balaban J connectivity index is 3.11. The maximum atomic E-state index is 11.3. The van der Waals surface area contributed by atoms with E-state index in [0.717, 1.165) is 6.42 Å². The van der Waals surface area contributed by atoms with Gasteiger partial charge in [0.25, 0.3) is 0 Å². The van der Waals surface area contributed by atoms with Gasteiger partial charge in [-0.2, -0.15) is 0 Å². The Kier molecular flexibility index (Phi) is 15.3. The molecule has 5 N–H and O–H groups in total. The Labute approximate surface area is 131 Å². The summed E-state index contributed by atoms with van der Waals surface area (Å²) < 4.78 is 15.9. The van der Waals surface area contributed by atoms with Gasteiger partial charge in [-0.1, -0.05) is 0 Å². The average molecular weight is 319 g/mol. The maximum Gasteiger partial charge on any atom is 0.220 e. The number of ether oxygens (including phenoxy) is 3. The molecule has 8 nitrogen and oxygen atoms in total. The quantitative estimate of drug-likeness (QED) is 0.318. The molecule has 0 bridgehead atoms. The third-order valence-electron chi connectivity index (χ3n) is 2.62. The Morgan fingerprint density at radius 2 is 1.36 bits per heavy atom. The zero-order chi connectivity index (χ0) is 16.5. The molecule has 0 aliphatic rings. The van der Waals surface area contributed by atoms with E-state index in [2.05, 4.69) is 5.32 Å². The zero-order valence-corrected chi connectivity index (χ0v) is 13.2. The molecule has 0 aromatic heterocycles. The molecule has 22 heavy (non-hydrogen) atoms. The summed E-state index contributed by atoms with van der Waals surface area (Å²) in [4.78, 5) is 21.7. The Hall–Kier alpha value is -1.22. The second-order valence-electron chi connectivity index (χ2n) is 4.65. The second kappa shape index (κ2) is 16.2. The van der Waals surface area contributed by atoms with Gasteiger partial charge in [-0.15, -0.1) is 0 Å². The summed E-state index contributed by atoms with van der Waals surface area (Å²) >= 11 is 0. The van der Waals surface area contributed by atoms with E-state index >= 15 is 0 Å². The number of hydrogen-bond acceptors (Lipinski definition) is 6. The van der Waals surface area contributed by atoms with E-state index in [1.165, 1.54) is 0 Å². The summed E-state index contributed by atoms with van der Waals surface area (Å²) in [6.07, 6.45) is 1.79. The standard InChI is InChI=1S/C14H29N3O5/c15-5-1-7-20-9-11-22-12-10-21-8-2-6-17-14(19)4-3-13(16)18/h1-12,15H2,(H2,16,18)(H,17,19). The molecule has 130 valence electrons. The lowest BCUT2D eigenvalue weighted by Gasteiger charge is -2.07. The second-order valence-corrected chi connectivity index (χ2v) is 4.65. The average Bonchev–Trinajstić information content (AvgIpc) is 2.49. The molecule has 0 saturated carbocycles. The molecule has 0 heterocycles. The first-order valence-corrected chi connectivity index (χ1v) is 7.65. The summed E-state index contributed by atoms with van der Waals surface area (Å²) in [6, 6.07) is 0. The SMILES string of the molecule is NCCCOCCOCCOCCCNC(=O)CCC(N)=O. The van der Waals surface area contributed by atoms with Crippen molar-refractivity contribution in [2.24, 2.45) is 11.5 Å². The monoisotopic (exact) mass is 319 g/mol. The van der Waals surface area contributed by atoms with Crippen LogP contribution < -0.4 is 16.8 Å². The van der Waals surface area contributed by atoms with Crippen LogP contribution in [0.4, 0.5) is 0 Å². The van der Waals surface area contributed by atoms with Crippen molar-refractivity contribution in [1.82, 2.24) is 5.32 Å². The van der Waals surface area contributed by atoms with Gasteiger partial charge in [0.05, 0.1) is 26.4 Å². The normalized spacial score (nSPS) is 10.6.